The fourth-order valence-electron chi connectivity index (χ4n) is 4.77. The fourth-order valence-corrected chi connectivity index (χ4v) is 4.77. The molecule has 0 saturated carbocycles. The van der Waals surface area contributed by atoms with Crippen molar-refractivity contribution < 1.29 is 24.6 Å². The zero-order chi connectivity index (χ0) is 22.6. The van der Waals surface area contributed by atoms with Gasteiger partial charge in [0.15, 0.2) is 5.78 Å². The highest BCUT2D eigenvalue weighted by molar-refractivity contribution is 5.98. The molecule has 0 unspecified atom stereocenters. The van der Waals surface area contributed by atoms with Gasteiger partial charge in [-0.1, -0.05) is 55.7 Å². The fraction of sp³-hybridized carbons (Fsp3) is 0.423. The number of carboxylic acids is 2. The number of Topliss-reactive ketones (excluding diaryl/α,β-unsaturated/α-hetero) is 1. The Morgan fingerprint density at radius 1 is 0.806 bits per heavy atom. The van der Waals surface area contributed by atoms with E-state index in [9.17, 15) is 24.6 Å². The van der Waals surface area contributed by atoms with E-state index in [1.165, 1.54) is 0 Å². The molecule has 1 aliphatic carbocycles. The Kier molecular flexibility index (Phi) is 6.94. The van der Waals surface area contributed by atoms with Gasteiger partial charge in [0, 0.05) is 30.2 Å². The Bertz CT molecular complexity index is 987. The molecule has 2 aromatic rings. The van der Waals surface area contributed by atoms with Crippen LogP contribution in [0.4, 0.5) is 0 Å². The van der Waals surface area contributed by atoms with E-state index in [0.717, 1.165) is 47.1 Å². The van der Waals surface area contributed by atoms with E-state index in [-0.39, 0.29) is 18.6 Å². The lowest BCUT2D eigenvalue weighted by molar-refractivity contribution is -0.137. The first-order valence-corrected chi connectivity index (χ1v) is 11.0. The predicted molar refractivity (Wildman–Crippen MR) is 120 cm³/mol. The summed E-state index contributed by atoms with van der Waals surface area (Å²) < 4.78 is 0. The van der Waals surface area contributed by atoms with Gasteiger partial charge in [0.25, 0.3) is 0 Å². The first-order valence-electron chi connectivity index (χ1n) is 11.0. The van der Waals surface area contributed by atoms with Crippen LogP contribution in [0.15, 0.2) is 36.4 Å². The topological polar surface area (TPSA) is 91.7 Å². The zero-order valence-corrected chi connectivity index (χ0v) is 18.2. The molecule has 5 heteroatoms. The summed E-state index contributed by atoms with van der Waals surface area (Å²) in [5.74, 6) is -1.75. The van der Waals surface area contributed by atoms with Gasteiger partial charge in [-0.25, -0.2) is 0 Å². The van der Waals surface area contributed by atoms with Crippen LogP contribution in [0.2, 0.25) is 0 Å². The summed E-state index contributed by atoms with van der Waals surface area (Å²) in [6.07, 6.45) is 3.83. The van der Waals surface area contributed by atoms with Crippen LogP contribution in [0.5, 0.6) is 0 Å². The molecular formula is C26H30O5. The van der Waals surface area contributed by atoms with E-state index >= 15 is 0 Å². The quantitative estimate of drug-likeness (QED) is 0.355. The molecule has 0 aromatic heterocycles. The third-order valence-electron chi connectivity index (χ3n) is 6.38. The Balaban J connectivity index is 2.13. The summed E-state index contributed by atoms with van der Waals surface area (Å²) in [5.41, 5.74) is 4.76. The molecule has 2 N–H and O–H groups in total. The average molecular weight is 423 g/mol. The van der Waals surface area contributed by atoms with E-state index in [2.05, 4.69) is 6.92 Å². The third kappa shape index (κ3) is 4.71. The largest absolute Gasteiger partial charge is 0.481 e. The van der Waals surface area contributed by atoms with Crippen LogP contribution in [-0.2, 0) is 15.0 Å². The summed E-state index contributed by atoms with van der Waals surface area (Å²) in [7, 11) is 0. The van der Waals surface area contributed by atoms with Crippen molar-refractivity contribution in [2.75, 3.05) is 0 Å². The van der Waals surface area contributed by atoms with Crippen molar-refractivity contribution in [2.45, 2.75) is 70.6 Å². The van der Waals surface area contributed by atoms with Crippen LogP contribution in [0.25, 0.3) is 11.1 Å². The maximum Gasteiger partial charge on any atom is 0.303 e. The highest BCUT2D eigenvalue weighted by atomic mass is 16.4. The molecule has 0 spiro atoms. The molecule has 0 amide bonds. The van der Waals surface area contributed by atoms with E-state index in [0.29, 0.717) is 24.8 Å². The smallest absolute Gasteiger partial charge is 0.303 e. The first-order chi connectivity index (χ1) is 14.8. The molecule has 0 radical (unpaired) electrons. The van der Waals surface area contributed by atoms with Crippen LogP contribution in [0.1, 0.15) is 85.3 Å². The van der Waals surface area contributed by atoms with Gasteiger partial charge < -0.3 is 10.2 Å². The molecule has 0 fully saturated rings. The van der Waals surface area contributed by atoms with Crippen molar-refractivity contribution in [3.8, 4) is 11.1 Å². The van der Waals surface area contributed by atoms with Gasteiger partial charge in [-0.3, -0.25) is 14.4 Å². The number of ketones is 1. The molecule has 164 valence electrons. The van der Waals surface area contributed by atoms with Gasteiger partial charge in [-0.2, -0.15) is 0 Å². The van der Waals surface area contributed by atoms with Crippen molar-refractivity contribution in [1.29, 1.82) is 0 Å². The maximum atomic E-state index is 12.8. The van der Waals surface area contributed by atoms with Crippen molar-refractivity contribution in [2.24, 2.45) is 0 Å². The molecule has 0 saturated heterocycles. The highest BCUT2D eigenvalue weighted by Crippen LogP contribution is 2.54. The van der Waals surface area contributed by atoms with E-state index < -0.39 is 17.4 Å². The average Bonchev–Trinajstić information content (AvgIpc) is 2.99. The second-order valence-corrected chi connectivity index (χ2v) is 8.56. The first kappa shape index (κ1) is 22.7. The summed E-state index contributed by atoms with van der Waals surface area (Å²) in [5, 5.41) is 18.8. The highest BCUT2D eigenvalue weighted by Gasteiger charge is 2.43. The van der Waals surface area contributed by atoms with Crippen molar-refractivity contribution >= 4 is 17.7 Å². The number of aryl methyl sites for hydroxylation is 1. The lowest BCUT2D eigenvalue weighted by Gasteiger charge is -2.32. The van der Waals surface area contributed by atoms with E-state index in [1.54, 1.807) is 0 Å². The van der Waals surface area contributed by atoms with Gasteiger partial charge in [-0.05, 0) is 54.5 Å². The Labute approximate surface area is 183 Å². The lowest BCUT2D eigenvalue weighted by Crippen LogP contribution is -2.28. The molecular weight excluding hydrogens is 392 g/mol. The van der Waals surface area contributed by atoms with Crippen molar-refractivity contribution in [3.05, 3.63) is 58.7 Å². The monoisotopic (exact) mass is 422 g/mol. The second-order valence-electron chi connectivity index (χ2n) is 8.56. The van der Waals surface area contributed by atoms with Gasteiger partial charge >= 0.3 is 11.9 Å². The van der Waals surface area contributed by atoms with Gasteiger partial charge in [0.1, 0.15) is 0 Å². The lowest BCUT2D eigenvalue weighted by atomic mass is 9.70. The molecule has 0 heterocycles. The number of hydrogen-bond donors (Lipinski definition) is 2. The Morgan fingerprint density at radius 3 is 1.97 bits per heavy atom. The van der Waals surface area contributed by atoms with E-state index in [4.69, 9.17) is 0 Å². The molecule has 1 aliphatic rings. The minimum Gasteiger partial charge on any atom is -0.481 e. The number of fused-ring (bicyclic) bond motifs is 3. The number of carbonyl (C=O) groups excluding carboxylic acids is 1. The Morgan fingerprint density at radius 2 is 1.39 bits per heavy atom. The second kappa shape index (κ2) is 9.46. The molecule has 0 bridgehead atoms. The molecule has 5 nitrogen and oxygen atoms in total. The SMILES string of the molecule is CCCCCC(=O)c1ccc2c(c1)C(CCC(=O)O)(CCC(=O)O)c1cc(C)ccc1-2. The molecule has 3 rings (SSSR count). The molecule has 31 heavy (non-hydrogen) atoms. The summed E-state index contributed by atoms with van der Waals surface area (Å²) in [6, 6.07) is 11.8. The summed E-state index contributed by atoms with van der Waals surface area (Å²) in [6.45, 7) is 4.07. The van der Waals surface area contributed by atoms with Crippen LogP contribution in [-0.4, -0.2) is 27.9 Å². The number of carbonyl (C=O) groups is 3. The van der Waals surface area contributed by atoms with Crippen LogP contribution < -0.4 is 0 Å². The Hall–Kier alpha value is -2.95. The van der Waals surface area contributed by atoms with Gasteiger partial charge in [0.2, 0.25) is 0 Å². The van der Waals surface area contributed by atoms with Crippen molar-refractivity contribution in [3.63, 3.8) is 0 Å². The number of hydrogen-bond acceptors (Lipinski definition) is 3. The summed E-state index contributed by atoms with van der Waals surface area (Å²) in [4.78, 5) is 35.8. The minimum atomic E-state index is -0.913. The van der Waals surface area contributed by atoms with Crippen LogP contribution in [0, 0.1) is 6.92 Å². The molecule has 2 aromatic carbocycles. The zero-order valence-electron chi connectivity index (χ0n) is 18.2. The third-order valence-corrected chi connectivity index (χ3v) is 6.38. The number of carboxylic acid groups (broad SMARTS) is 2. The number of benzene rings is 2. The molecule has 0 atom stereocenters. The molecule has 0 aliphatic heterocycles. The normalized spacial score (nSPS) is 13.5. The van der Waals surface area contributed by atoms with Crippen molar-refractivity contribution in [1.82, 2.24) is 0 Å². The predicted octanol–water partition coefficient (Wildman–Crippen LogP) is 5.75. The summed E-state index contributed by atoms with van der Waals surface area (Å²) >= 11 is 0. The van der Waals surface area contributed by atoms with E-state index in [1.807, 2.05) is 43.3 Å². The van der Waals surface area contributed by atoms with Gasteiger partial charge in [0.05, 0.1) is 0 Å². The maximum absolute atomic E-state index is 12.8. The number of rotatable bonds is 11. The number of aliphatic carboxylic acids is 2. The van der Waals surface area contributed by atoms with Gasteiger partial charge in [-0.15, -0.1) is 0 Å². The minimum absolute atomic E-state index is 0.0683. The van der Waals surface area contributed by atoms with Crippen LogP contribution >= 0.6 is 0 Å². The standard InChI is InChI=1S/C26H30O5/c1-3-4-5-6-23(27)18-8-10-20-19-9-7-17(2)15-21(19)26(22(20)16-18,13-11-24(28)29)14-12-25(30)31/h7-10,15-16H,3-6,11-14H2,1-2H3,(H,28,29)(H,30,31). The number of unbranched alkanes of at least 4 members (excludes halogenated alkanes) is 2. The van der Waals surface area contributed by atoms with Crippen LogP contribution in [0.3, 0.4) is 0 Å².